The van der Waals surface area contributed by atoms with Gasteiger partial charge in [0.1, 0.15) is 0 Å². The van der Waals surface area contributed by atoms with Crippen molar-refractivity contribution in [2.45, 2.75) is 13.3 Å². The van der Waals surface area contributed by atoms with E-state index in [1.807, 2.05) is 5.32 Å². The Morgan fingerprint density at radius 2 is 2.22 bits per heavy atom. The van der Waals surface area contributed by atoms with Crippen molar-refractivity contribution in [2.24, 2.45) is 0 Å². The van der Waals surface area contributed by atoms with E-state index in [9.17, 15) is 13.8 Å². The molecule has 0 atom stereocenters. The van der Waals surface area contributed by atoms with Crippen LogP contribution < -0.4 is 5.32 Å². The molecule has 0 radical (unpaired) electrons. The highest BCUT2D eigenvalue weighted by Crippen LogP contribution is 1.88. The number of nitrogens with one attached hydrogen (secondary N) is 1. The fourth-order valence-corrected chi connectivity index (χ4v) is 0.292. The maximum Gasteiger partial charge on any atom is 0.376 e. The van der Waals surface area contributed by atoms with E-state index in [0.29, 0.717) is 6.42 Å². The molecule has 54 valence electrons. The molecule has 0 rings (SSSR count). The van der Waals surface area contributed by atoms with Gasteiger partial charge >= 0.3 is 6.03 Å². The molecule has 0 saturated heterocycles. The Morgan fingerprint density at radius 3 is 2.56 bits per heavy atom. The van der Waals surface area contributed by atoms with Crippen molar-refractivity contribution in [3.05, 3.63) is 0 Å². The summed E-state index contributed by atoms with van der Waals surface area (Å²) in [5, 5.41) is 0.492. The van der Waals surface area contributed by atoms with Crippen molar-refractivity contribution < 1.29 is 13.8 Å². The summed E-state index contributed by atoms with van der Waals surface area (Å²) in [5.41, 5.74) is 0. The number of hydrogen-bond donors (Lipinski definition) is 1. The first-order valence-electron chi connectivity index (χ1n) is 2.58. The highest BCUT2D eigenvalue weighted by Gasteiger charge is 2.08. The summed E-state index contributed by atoms with van der Waals surface area (Å²) in [6.45, 7) is 2.06. The lowest BCUT2D eigenvalue weighted by Gasteiger charge is -2.00. The summed E-state index contributed by atoms with van der Waals surface area (Å²) in [6.07, 6.45) is 0.652. The quantitative estimate of drug-likeness (QED) is 0.571. The van der Waals surface area contributed by atoms with E-state index in [0.717, 1.165) is 0 Å². The molecule has 0 aliphatic heterocycles. The topological polar surface area (TPSA) is 32.3 Å². The molecule has 9 heavy (non-hydrogen) atoms. The van der Waals surface area contributed by atoms with Crippen LogP contribution >= 0.6 is 0 Å². The minimum atomic E-state index is -1.48. The lowest BCUT2D eigenvalue weighted by molar-refractivity contribution is -0.0988. The SMILES string of the molecule is CCCNC(=O)N(F)F. The number of hydrogen-bond acceptors (Lipinski definition) is 1. The van der Waals surface area contributed by atoms with Crippen molar-refractivity contribution in [3.8, 4) is 0 Å². The summed E-state index contributed by atoms with van der Waals surface area (Å²) in [4.78, 5) is 9.97. The molecule has 5 heteroatoms. The van der Waals surface area contributed by atoms with Crippen molar-refractivity contribution in [1.82, 2.24) is 10.7 Å². The summed E-state index contributed by atoms with van der Waals surface area (Å²) in [6, 6.07) is -1.35. The standard InChI is InChI=1S/C4H8F2N2O/c1-2-3-7-4(9)8(5)6/h2-3H2,1H3,(H,7,9). The van der Waals surface area contributed by atoms with Gasteiger partial charge in [-0.05, 0) is 6.42 Å². The van der Waals surface area contributed by atoms with Crippen molar-refractivity contribution in [1.29, 1.82) is 0 Å². The van der Waals surface area contributed by atoms with E-state index in [-0.39, 0.29) is 6.54 Å². The average molecular weight is 138 g/mol. The van der Waals surface area contributed by atoms with Gasteiger partial charge in [0.2, 0.25) is 0 Å². The molecule has 1 N–H and O–H groups in total. The number of nitrogens with zero attached hydrogens (tertiary/aromatic N) is 1. The third-order valence-electron chi connectivity index (χ3n) is 0.680. The molecule has 0 bridgehead atoms. The highest BCUT2D eigenvalue weighted by molar-refractivity contribution is 5.71. The molecular formula is C4H8F2N2O. The summed E-state index contributed by atoms with van der Waals surface area (Å²) >= 11 is 0. The molecule has 0 aromatic rings. The molecule has 0 aliphatic carbocycles. The van der Waals surface area contributed by atoms with Crippen LogP contribution in [0.3, 0.4) is 0 Å². The van der Waals surface area contributed by atoms with Crippen LogP contribution in [0.15, 0.2) is 0 Å². The Morgan fingerprint density at radius 1 is 1.67 bits per heavy atom. The highest BCUT2D eigenvalue weighted by atomic mass is 19.4. The minimum absolute atomic E-state index is 0.281. The average Bonchev–Trinajstić information content (AvgIpc) is 1.82. The molecule has 0 spiro atoms. The van der Waals surface area contributed by atoms with Gasteiger partial charge in [0.15, 0.2) is 0 Å². The first-order chi connectivity index (χ1) is 4.18. The van der Waals surface area contributed by atoms with Gasteiger partial charge in [-0.15, -0.1) is 0 Å². The lowest BCUT2D eigenvalue weighted by Crippen LogP contribution is -2.30. The first kappa shape index (κ1) is 8.13. The molecule has 0 aromatic carbocycles. The number of urea groups is 1. The molecule has 0 aliphatic rings. The Bertz CT molecular complexity index is 96.6. The Hall–Kier alpha value is -0.870. The monoisotopic (exact) mass is 138 g/mol. The van der Waals surface area contributed by atoms with E-state index in [4.69, 9.17) is 0 Å². The van der Waals surface area contributed by atoms with Crippen LogP contribution in [0.4, 0.5) is 13.8 Å². The number of carbonyl (C=O) groups excluding carboxylic acids is 1. The van der Waals surface area contributed by atoms with Crippen molar-refractivity contribution in [2.75, 3.05) is 6.54 Å². The van der Waals surface area contributed by atoms with Gasteiger partial charge < -0.3 is 5.32 Å². The van der Waals surface area contributed by atoms with Gasteiger partial charge in [-0.2, -0.15) is 0 Å². The van der Waals surface area contributed by atoms with Gasteiger partial charge in [-0.25, -0.2) is 4.79 Å². The third-order valence-corrected chi connectivity index (χ3v) is 0.680. The van der Waals surface area contributed by atoms with E-state index in [1.54, 1.807) is 6.92 Å². The smallest absolute Gasteiger partial charge is 0.334 e. The van der Waals surface area contributed by atoms with Gasteiger partial charge in [-0.3, -0.25) is 0 Å². The fourth-order valence-electron chi connectivity index (χ4n) is 0.292. The normalized spacial score (nSPS) is 8.78. The Balaban J connectivity index is 3.28. The second-order valence-corrected chi connectivity index (χ2v) is 1.46. The zero-order valence-corrected chi connectivity index (χ0v) is 5.03. The third kappa shape index (κ3) is 3.69. The van der Waals surface area contributed by atoms with Gasteiger partial charge in [0, 0.05) is 11.9 Å². The van der Waals surface area contributed by atoms with Crippen molar-refractivity contribution in [3.63, 3.8) is 0 Å². The van der Waals surface area contributed by atoms with Crippen LogP contribution in [-0.4, -0.2) is 17.9 Å². The summed E-state index contributed by atoms with van der Waals surface area (Å²) in [5.74, 6) is 0. The Kier molecular flexibility index (Phi) is 3.66. The van der Waals surface area contributed by atoms with Crippen LogP contribution in [0.25, 0.3) is 0 Å². The molecule has 3 nitrogen and oxygen atoms in total. The van der Waals surface area contributed by atoms with Crippen LogP contribution in [0.2, 0.25) is 0 Å². The van der Waals surface area contributed by atoms with Crippen LogP contribution in [0.5, 0.6) is 0 Å². The van der Waals surface area contributed by atoms with Gasteiger partial charge in [0.05, 0.1) is 0 Å². The predicted molar refractivity (Wildman–Crippen MR) is 27.7 cm³/mol. The molecule has 2 amide bonds. The van der Waals surface area contributed by atoms with Crippen LogP contribution in [0.1, 0.15) is 13.3 Å². The van der Waals surface area contributed by atoms with Gasteiger partial charge in [-0.1, -0.05) is 15.9 Å². The van der Waals surface area contributed by atoms with E-state index < -0.39 is 11.4 Å². The van der Waals surface area contributed by atoms with E-state index in [1.165, 1.54) is 0 Å². The Labute approximate surface area is 51.5 Å². The van der Waals surface area contributed by atoms with Gasteiger partial charge in [0.25, 0.3) is 0 Å². The second kappa shape index (κ2) is 4.05. The van der Waals surface area contributed by atoms with E-state index >= 15 is 0 Å². The predicted octanol–water partition coefficient (Wildman–Crippen LogP) is 1.18. The number of amides is 2. The molecule has 0 unspecified atom stereocenters. The minimum Gasteiger partial charge on any atom is -0.334 e. The fraction of sp³-hybridized carbons (Fsp3) is 0.750. The molecule has 0 fully saturated rings. The maximum absolute atomic E-state index is 11.2. The zero-order chi connectivity index (χ0) is 7.28. The van der Waals surface area contributed by atoms with E-state index in [2.05, 4.69) is 0 Å². The maximum atomic E-state index is 11.2. The summed E-state index contributed by atoms with van der Waals surface area (Å²) < 4.78 is 22.3. The molecular weight excluding hydrogens is 130 g/mol. The molecule has 0 aromatic heterocycles. The number of halogens is 2. The number of rotatable bonds is 2. The van der Waals surface area contributed by atoms with Crippen LogP contribution in [0, 0.1) is 0 Å². The number of carbonyl (C=O) groups is 1. The van der Waals surface area contributed by atoms with Crippen LogP contribution in [-0.2, 0) is 0 Å². The first-order valence-corrected chi connectivity index (χ1v) is 2.58. The molecule has 0 heterocycles. The summed E-state index contributed by atoms with van der Waals surface area (Å²) in [7, 11) is 0. The molecule has 0 saturated carbocycles. The second-order valence-electron chi connectivity index (χ2n) is 1.46. The lowest BCUT2D eigenvalue weighted by atomic mass is 10.5. The largest absolute Gasteiger partial charge is 0.376 e. The zero-order valence-electron chi connectivity index (χ0n) is 5.03. The van der Waals surface area contributed by atoms with Crippen molar-refractivity contribution >= 4 is 6.03 Å².